The lowest BCUT2D eigenvalue weighted by molar-refractivity contribution is -0.192. The normalized spacial score (nSPS) is 11.8. The number of carboxylic acids is 1. The Morgan fingerprint density at radius 2 is 1.49 bits per heavy atom. The Bertz CT molecular complexity index is 1680. The predicted molar refractivity (Wildman–Crippen MR) is 164 cm³/mol. The van der Waals surface area contributed by atoms with Crippen molar-refractivity contribution in [2.75, 3.05) is 11.9 Å². The number of ether oxygens (including phenoxy) is 2. The van der Waals surface area contributed by atoms with E-state index in [0.29, 0.717) is 34.9 Å². The van der Waals surface area contributed by atoms with E-state index in [1.54, 1.807) is 42.5 Å². The summed E-state index contributed by atoms with van der Waals surface area (Å²) in [7, 11) is -4.18. The molecular weight excluding hydrogens is 649 g/mol. The highest BCUT2D eigenvalue weighted by Crippen LogP contribution is 2.33. The summed E-state index contributed by atoms with van der Waals surface area (Å²) in [6.07, 6.45) is -5.20. The second-order valence-electron chi connectivity index (χ2n) is 9.66. The second kappa shape index (κ2) is 16.3. The zero-order chi connectivity index (χ0) is 35.5. The van der Waals surface area contributed by atoms with E-state index in [2.05, 4.69) is 15.6 Å². The Morgan fingerprint density at radius 3 is 1.96 bits per heavy atom. The van der Waals surface area contributed by atoms with E-state index in [1.807, 2.05) is 20.8 Å². The van der Waals surface area contributed by atoms with Crippen LogP contribution in [-0.2, 0) is 19.6 Å². The van der Waals surface area contributed by atoms with Crippen LogP contribution >= 0.6 is 0 Å². The molecule has 18 heteroatoms. The van der Waals surface area contributed by atoms with Crippen LogP contribution in [0.5, 0.6) is 11.5 Å². The van der Waals surface area contributed by atoms with E-state index in [4.69, 9.17) is 36.3 Å². The number of carbonyl (C=O) groups excluding carboxylic acids is 2. The Morgan fingerprint density at radius 1 is 0.936 bits per heavy atom. The molecule has 0 fully saturated rings. The molecule has 0 saturated heterocycles. The summed E-state index contributed by atoms with van der Waals surface area (Å²) in [6.45, 7) is 5.91. The van der Waals surface area contributed by atoms with Crippen LogP contribution in [0, 0.1) is 5.41 Å². The number of alkyl halides is 3. The highest BCUT2D eigenvalue weighted by atomic mass is 32.2. The lowest BCUT2D eigenvalue weighted by Crippen LogP contribution is -2.45. The number of nitrogen functional groups attached to an aromatic ring is 1. The van der Waals surface area contributed by atoms with Crippen LogP contribution in [0.25, 0.3) is 0 Å². The maximum atomic E-state index is 13.4. The van der Waals surface area contributed by atoms with Crippen molar-refractivity contribution in [2.45, 2.75) is 44.0 Å². The quantitative estimate of drug-likeness (QED) is 0.0790. The fraction of sp³-hybridized carbons (Fsp3) is 0.241. The molecule has 3 rings (SSSR count). The molecule has 2 amide bonds. The number of carbonyl (C=O) groups is 3. The molecule has 1 unspecified atom stereocenters. The SMILES string of the molecule is CCOc1cc(C(Nc2ccc(C(=N)N)cc2)C(=O)NNS(=O)(=O)c2ccc(C(N)=O)cc2)ccc1OC(C)C.O=C(O)C(F)(F)F. The number of hydrogen-bond donors (Lipinski definition) is 7. The van der Waals surface area contributed by atoms with Gasteiger partial charge in [0.05, 0.1) is 17.6 Å². The summed E-state index contributed by atoms with van der Waals surface area (Å²) in [6, 6.07) is 15.3. The standard InChI is InChI=1S/C27H32N6O6S.C2HF3O2/c1-4-38-23-15-19(9-14-22(23)39-16(2)3)24(31-20-10-5-17(6-11-20)25(28)29)27(35)32-33-40(36,37)21-12-7-18(8-13-21)26(30)34;3-2(4,5)1(6)7/h5-16,24,31,33H,4H2,1-3H3,(H3,28,29)(H2,30,34)(H,32,35);(H,6,7). The summed E-state index contributed by atoms with van der Waals surface area (Å²) in [5, 5.41) is 17.8. The first-order valence-corrected chi connectivity index (χ1v) is 15.0. The molecule has 47 heavy (non-hydrogen) atoms. The van der Waals surface area contributed by atoms with Crippen molar-refractivity contribution in [1.82, 2.24) is 10.3 Å². The first-order chi connectivity index (χ1) is 21.8. The number of aliphatic carboxylic acids is 1. The van der Waals surface area contributed by atoms with Gasteiger partial charge in [-0.05, 0) is 87.0 Å². The largest absolute Gasteiger partial charge is 0.490 e. The molecule has 1 atom stereocenters. The summed E-state index contributed by atoms with van der Waals surface area (Å²) < 4.78 is 68.9. The molecule has 14 nitrogen and oxygen atoms in total. The van der Waals surface area contributed by atoms with Crippen LogP contribution in [0.15, 0.2) is 71.6 Å². The average Bonchev–Trinajstić information content (AvgIpc) is 2.99. The van der Waals surface area contributed by atoms with E-state index < -0.39 is 40.0 Å². The molecule has 0 saturated carbocycles. The molecule has 254 valence electrons. The number of nitrogens with two attached hydrogens (primary N) is 2. The van der Waals surface area contributed by atoms with Gasteiger partial charge in [0.25, 0.3) is 15.9 Å². The van der Waals surface area contributed by atoms with Gasteiger partial charge in [-0.25, -0.2) is 13.2 Å². The van der Waals surface area contributed by atoms with E-state index in [0.717, 1.165) is 0 Å². The van der Waals surface area contributed by atoms with E-state index in [-0.39, 0.29) is 22.4 Å². The predicted octanol–water partition coefficient (Wildman–Crippen LogP) is 3.05. The number of primary amides is 1. The lowest BCUT2D eigenvalue weighted by Gasteiger charge is -2.22. The molecule has 0 aromatic heterocycles. The number of rotatable bonds is 13. The number of sulfonamides is 1. The van der Waals surface area contributed by atoms with Gasteiger partial charge in [0.15, 0.2) is 11.5 Å². The van der Waals surface area contributed by atoms with Crippen molar-refractivity contribution >= 4 is 39.3 Å². The van der Waals surface area contributed by atoms with Crippen molar-refractivity contribution in [3.8, 4) is 11.5 Å². The number of halogens is 3. The second-order valence-corrected chi connectivity index (χ2v) is 11.3. The van der Waals surface area contributed by atoms with E-state index in [9.17, 15) is 31.2 Å². The first-order valence-electron chi connectivity index (χ1n) is 13.5. The smallest absolute Gasteiger partial charge is 0.490 e. The number of anilines is 1. The van der Waals surface area contributed by atoms with Gasteiger partial charge in [-0.2, -0.15) is 13.2 Å². The third-order valence-corrected chi connectivity index (χ3v) is 7.00. The molecule has 0 spiro atoms. The minimum absolute atomic E-state index is 0.110. The Labute approximate surface area is 267 Å². The molecule has 0 heterocycles. The number of amidine groups is 1. The first kappa shape index (κ1) is 37.8. The molecule has 3 aromatic rings. The van der Waals surface area contributed by atoms with E-state index >= 15 is 0 Å². The number of hydrazine groups is 1. The number of benzene rings is 3. The fourth-order valence-corrected chi connectivity index (χ4v) is 4.43. The zero-order valence-electron chi connectivity index (χ0n) is 25.2. The van der Waals surface area contributed by atoms with E-state index in [1.165, 1.54) is 24.3 Å². The lowest BCUT2D eigenvalue weighted by atomic mass is 10.0. The van der Waals surface area contributed by atoms with Gasteiger partial charge in [0.2, 0.25) is 5.91 Å². The molecule has 0 bridgehead atoms. The highest BCUT2D eigenvalue weighted by molar-refractivity contribution is 7.89. The van der Waals surface area contributed by atoms with Crippen LogP contribution in [0.3, 0.4) is 0 Å². The Kier molecular flexibility index (Phi) is 13.1. The minimum atomic E-state index is -5.08. The summed E-state index contributed by atoms with van der Waals surface area (Å²) in [4.78, 5) is 35.5. The minimum Gasteiger partial charge on any atom is -0.490 e. The van der Waals surface area contributed by atoms with Crippen molar-refractivity contribution in [3.63, 3.8) is 0 Å². The number of hydrogen-bond acceptors (Lipinski definition) is 9. The molecule has 9 N–H and O–H groups in total. The summed E-state index contributed by atoms with van der Waals surface area (Å²) >= 11 is 0. The molecule has 0 aliphatic heterocycles. The third kappa shape index (κ3) is 11.5. The Balaban J connectivity index is 0.000000984. The van der Waals surface area contributed by atoms with Crippen LogP contribution in [0.1, 0.15) is 48.3 Å². The topological polar surface area (TPSA) is 236 Å². The number of carboxylic acid groups (broad SMARTS) is 1. The highest BCUT2D eigenvalue weighted by Gasteiger charge is 2.38. The van der Waals surface area contributed by atoms with Crippen LogP contribution < -0.4 is 36.5 Å². The average molecular weight is 683 g/mol. The van der Waals surface area contributed by atoms with Gasteiger partial charge in [-0.3, -0.25) is 20.4 Å². The van der Waals surface area contributed by atoms with Gasteiger partial charge >= 0.3 is 12.1 Å². The molecule has 0 aliphatic carbocycles. The zero-order valence-corrected chi connectivity index (χ0v) is 26.0. The Hall–Kier alpha value is -5.36. The van der Waals surface area contributed by atoms with Crippen molar-refractivity contribution in [3.05, 3.63) is 83.4 Å². The van der Waals surface area contributed by atoms with Crippen molar-refractivity contribution < 1.29 is 50.6 Å². The van der Waals surface area contributed by atoms with Gasteiger partial charge in [-0.1, -0.05) is 6.07 Å². The molecule has 3 aromatic carbocycles. The van der Waals surface area contributed by atoms with Crippen LogP contribution in [0.2, 0.25) is 0 Å². The van der Waals surface area contributed by atoms with Gasteiger partial charge < -0.3 is 31.4 Å². The molecule has 0 aliphatic rings. The van der Waals surface area contributed by atoms with Crippen LogP contribution in [0.4, 0.5) is 18.9 Å². The summed E-state index contributed by atoms with van der Waals surface area (Å²) in [5.74, 6) is -3.39. The maximum Gasteiger partial charge on any atom is 0.490 e. The van der Waals surface area contributed by atoms with Crippen molar-refractivity contribution in [2.24, 2.45) is 11.5 Å². The summed E-state index contributed by atoms with van der Waals surface area (Å²) in [5.41, 5.74) is 14.6. The monoisotopic (exact) mass is 682 g/mol. The van der Waals surface area contributed by atoms with Gasteiger partial charge in [0.1, 0.15) is 11.9 Å². The molecule has 0 radical (unpaired) electrons. The maximum absolute atomic E-state index is 13.4. The fourth-order valence-electron chi connectivity index (χ4n) is 3.58. The number of nitrogens with one attached hydrogen (secondary N) is 4. The van der Waals surface area contributed by atoms with Crippen LogP contribution in [-0.4, -0.2) is 56.0 Å². The third-order valence-electron chi connectivity index (χ3n) is 5.73. The van der Waals surface area contributed by atoms with Crippen molar-refractivity contribution in [1.29, 1.82) is 5.41 Å². The van der Waals surface area contributed by atoms with Gasteiger partial charge in [-0.15, -0.1) is 4.83 Å². The van der Waals surface area contributed by atoms with Gasteiger partial charge in [0, 0.05) is 16.8 Å². The molecular formula is C29H33F3N6O8S. The number of amides is 2.